The molecule has 4 heteroatoms. The first-order valence-electron chi connectivity index (χ1n) is 6.58. The normalized spacial score (nSPS) is 14.9. The van der Waals surface area contributed by atoms with Gasteiger partial charge < -0.3 is 15.7 Å². The first-order valence-corrected chi connectivity index (χ1v) is 6.58. The Morgan fingerprint density at radius 2 is 1.85 bits per heavy atom. The van der Waals surface area contributed by atoms with Crippen LogP contribution in [0.2, 0.25) is 0 Å². The SMILES string of the molecule is Nc1ccc(N2CC(c3ccccc3)C2)c(C(=O)O)c1. The maximum absolute atomic E-state index is 11.3. The summed E-state index contributed by atoms with van der Waals surface area (Å²) in [6.07, 6.45) is 0. The van der Waals surface area contributed by atoms with E-state index in [1.807, 2.05) is 18.2 Å². The molecule has 0 aromatic heterocycles. The zero-order valence-corrected chi connectivity index (χ0v) is 11.0. The number of nitrogens with two attached hydrogens (primary N) is 1. The van der Waals surface area contributed by atoms with E-state index in [0.29, 0.717) is 11.6 Å². The molecule has 1 aliphatic rings. The molecule has 0 amide bonds. The molecule has 3 N–H and O–H groups in total. The van der Waals surface area contributed by atoms with Gasteiger partial charge in [-0.3, -0.25) is 0 Å². The van der Waals surface area contributed by atoms with Gasteiger partial charge >= 0.3 is 5.97 Å². The lowest BCUT2D eigenvalue weighted by Crippen LogP contribution is -2.45. The van der Waals surface area contributed by atoms with Gasteiger partial charge in [-0.15, -0.1) is 0 Å². The third-order valence-electron chi connectivity index (χ3n) is 3.74. The van der Waals surface area contributed by atoms with Crippen LogP contribution in [-0.2, 0) is 0 Å². The first-order chi connectivity index (χ1) is 9.65. The molecule has 0 unspecified atom stereocenters. The quantitative estimate of drug-likeness (QED) is 0.840. The van der Waals surface area contributed by atoms with Gasteiger partial charge in [0.2, 0.25) is 0 Å². The zero-order chi connectivity index (χ0) is 14.1. The number of benzene rings is 2. The molecular formula is C16H16N2O2. The van der Waals surface area contributed by atoms with Gasteiger partial charge in [0.15, 0.2) is 0 Å². The van der Waals surface area contributed by atoms with Crippen LogP contribution in [0.1, 0.15) is 21.8 Å². The number of aromatic carboxylic acids is 1. The Hall–Kier alpha value is -2.49. The molecule has 0 spiro atoms. The molecule has 0 saturated carbocycles. The van der Waals surface area contributed by atoms with Crippen molar-refractivity contribution in [1.29, 1.82) is 0 Å². The summed E-state index contributed by atoms with van der Waals surface area (Å²) < 4.78 is 0. The Morgan fingerprint density at radius 1 is 1.15 bits per heavy atom. The standard InChI is InChI=1S/C16H16N2O2/c17-13-6-7-15(14(8-13)16(19)20)18-9-12(10-18)11-4-2-1-3-5-11/h1-8,12H,9-10,17H2,(H,19,20). The van der Waals surface area contributed by atoms with Gasteiger partial charge in [0.25, 0.3) is 0 Å². The van der Waals surface area contributed by atoms with E-state index in [-0.39, 0.29) is 5.56 Å². The second-order valence-electron chi connectivity index (χ2n) is 5.09. The van der Waals surface area contributed by atoms with Crippen molar-refractivity contribution in [3.63, 3.8) is 0 Å². The molecular weight excluding hydrogens is 252 g/mol. The Labute approximate surface area is 117 Å². The van der Waals surface area contributed by atoms with E-state index in [9.17, 15) is 9.90 Å². The lowest BCUT2D eigenvalue weighted by molar-refractivity contribution is 0.0697. The fourth-order valence-corrected chi connectivity index (χ4v) is 2.61. The fourth-order valence-electron chi connectivity index (χ4n) is 2.61. The maximum Gasteiger partial charge on any atom is 0.337 e. The van der Waals surface area contributed by atoms with Gasteiger partial charge in [-0.05, 0) is 23.8 Å². The third kappa shape index (κ3) is 2.20. The molecule has 2 aromatic rings. The number of carbonyl (C=O) groups is 1. The van der Waals surface area contributed by atoms with Gasteiger partial charge in [0.1, 0.15) is 0 Å². The van der Waals surface area contributed by atoms with Crippen molar-refractivity contribution >= 4 is 17.3 Å². The molecule has 102 valence electrons. The number of carboxylic acid groups (broad SMARTS) is 1. The number of nitrogen functional groups attached to an aromatic ring is 1. The van der Waals surface area contributed by atoms with Crippen LogP contribution in [-0.4, -0.2) is 24.2 Å². The van der Waals surface area contributed by atoms with Crippen LogP contribution in [0.3, 0.4) is 0 Å². The molecule has 2 aromatic carbocycles. The Bertz CT molecular complexity index is 634. The first kappa shape index (κ1) is 12.5. The van der Waals surface area contributed by atoms with Crippen LogP contribution < -0.4 is 10.6 Å². The van der Waals surface area contributed by atoms with Crippen LogP contribution in [0.15, 0.2) is 48.5 Å². The highest BCUT2D eigenvalue weighted by atomic mass is 16.4. The highest BCUT2D eigenvalue weighted by molar-refractivity contribution is 5.95. The number of rotatable bonds is 3. The Morgan fingerprint density at radius 3 is 2.50 bits per heavy atom. The topological polar surface area (TPSA) is 66.6 Å². The predicted molar refractivity (Wildman–Crippen MR) is 79.2 cm³/mol. The number of nitrogens with zero attached hydrogens (tertiary/aromatic N) is 1. The van der Waals surface area contributed by atoms with Crippen LogP contribution in [0.25, 0.3) is 0 Å². The van der Waals surface area contributed by atoms with Gasteiger partial charge in [-0.2, -0.15) is 0 Å². The molecule has 0 atom stereocenters. The van der Waals surface area contributed by atoms with Crippen LogP contribution in [0.5, 0.6) is 0 Å². The third-order valence-corrected chi connectivity index (χ3v) is 3.74. The van der Waals surface area contributed by atoms with Crippen LogP contribution in [0, 0.1) is 0 Å². The predicted octanol–water partition coefficient (Wildman–Crippen LogP) is 2.57. The Kier molecular flexibility index (Phi) is 3.06. The average Bonchev–Trinajstić information content (AvgIpc) is 2.39. The van der Waals surface area contributed by atoms with Crippen molar-refractivity contribution in [2.45, 2.75) is 5.92 Å². The molecule has 3 rings (SSSR count). The molecule has 1 aliphatic heterocycles. The van der Waals surface area contributed by atoms with Crippen molar-refractivity contribution < 1.29 is 9.90 Å². The highest BCUT2D eigenvalue weighted by Crippen LogP contribution is 2.34. The second kappa shape index (κ2) is 4.89. The fraction of sp³-hybridized carbons (Fsp3) is 0.188. The average molecular weight is 268 g/mol. The van der Waals surface area contributed by atoms with E-state index >= 15 is 0 Å². The summed E-state index contributed by atoms with van der Waals surface area (Å²) >= 11 is 0. The van der Waals surface area contributed by atoms with Crippen molar-refractivity contribution in [1.82, 2.24) is 0 Å². The summed E-state index contributed by atoms with van der Waals surface area (Å²) in [6.45, 7) is 1.68. The van der Waals surface area contributed by atoms with E-state index in [1.54, 1.807) is 12.1 Å². The van der Waals surface area contributed by atoms with E-state index in [2.05, 4.69) is 17.0 Å². The molecule has 1 fully saturated rings. The van der Waals surface area contributed by atoms with Gasteiger partial charge in [0, 0.05) is 24.7 Å². The number of hydrogen-bond acceptors (Lipinski definition) is 3. The van der Waals surface area contributed by atoms with Crippen molar-refractivity contribution in [3.8, 4) is 0 Å². The van der Waals surface area contributed by atoms with Gasteiger partial charge in [-0.25, -0.2) is 4.79 Å². The molecule has 1 saturated heterocycles. The summed E-state index contributed by atoms with van der Waals surface area (Å²) in [5, 5.41) is 9.26. The molecule has 0 aliphatic carbocycles. The minimum absolute atomic E-state index is 0.275. The van der Waals surface area contributed by atoms with Gasteiger partial charge in [0.05, 0.1) is 11.3 Å². The molecule has 0 bridgehead atoms. The summed E-state index contributed by atoms with van der Waals surface area (Å²) in [4.78, 5) is 13.4. The summed E-state index contributed by atoms with van der Waals surface area (Å²) in [5.74, 6) is -0.467. The molecule has 20 heavy (non-hydrogen) atoms. The lowest BCUT2D eigenvalue weighted by Gasteiger charge is -2.42. The zero-order valence-electron chi connectivity index (χ0n) is 11.0. The monoisotopic (exact) mass is 268 g/mol. The van der Waals surface area contributed by atoms with E-state index < -0.39 is 5.97 Å². The Balaban J connectivity index is 1.79. The summed E-state index contributed by atoms with van der Waals surface area (Å²) in [6, 6.07) is 15.4. The van der Waals surface area contributed by atoms with Gasteiger partial charge in [-0.1, -0.05) is 30.3 Å². The van der Waals surface area contributed by atoms with Crippen molar-refractivity contribution in [3.05, 3.63) is 59.7 Å². The van der Waals surface area contributed by atoms with E-state index in [4.69, 9.17) is 5.73 Å². The highest BCUT2D eigenvalue weighted by Gasteiger charge is 2.30. The summed E-state index contributed by atoms with van der Waals surface area (Å²) in [7, 11) is 0. The van der Waals surface area contributed by atoms with Crippen LogP contribution in [0.4, 0.5) is 11.4 Å². The number of hydrogen-bond donors (Lipinski definition) is 2. The maximum atomic E-state index is 11.3. The van der Waals surface area contributed by atoms with E-state index in [0.717, 1.165) is 18.8 Å². The number of anilines is 2. The van der Waals surface area contributed by atoms with Crippen LogP contribution >= 0.6 is 0 Å². The largest absolute Gasteiger partial charge is 0.478 e. The molecule has 4 nitrogen and oxygen atoms in total. The summed E-state index contributed by atoms with van der Waals surface area (Å²) in [5.41, 5.74) is 8.46. The minimum Gasteiger partial charge on any atom is -0.478 e. The molecule has 1 heterocycles. The molecule has 0 radical (unpaired) electrons. The minimum atomic E-state index is -0.935. The van der Waals surface area contributed by atoms with Crippen molar-refractivity contribution in [2.75, 3.05) is 23.7 Å². The van der Waals surface area contributed by atoms with E-state index in [1.165, 1.54) is 11.6 Å². The van der Waals surface area contributed by atoms with Crippen molar-refractivity contribution in [2.24, 2.45) is 0 Å². The smallest absolute Gasteiger partial charge is 0.337 e. The number of carboxylic acids is 1. The second-order valence-corrected chi connectivity index (χ2v) is 5.09. The lowest BCUT2D eigenvalue weighted by atomic mass is 9.90.